The SMILES string of the molecule is Cc1cc(Oc2c(C)cc(Oc3c(C)cc(C(C)(C)c4cc(C)c(C)c(C)c4)cc3C)cc2C)cc(C)c1C. The van der Waals surface area contributed by atoms with E-state index < -0.39 is 0 Å². The van der Waals surface area contributed by atoms with Crippen LogP contribution in [0.3, 0.4) is 0 Å². The van der Waals surface area contributed by atoms with Crippen molar-refractivity contribution < 1.29 is 9.47 Å². The van der Waals surface area contributed by atoms with E-state index in [1.54, 1.807) is 0 Å². The highest BCUT2D eigenvalue weighted by Gasteiger charge is 2.26. The van der Waals surface area contributed by atoms with Gasteiger partial charge in [-0.2, -0.15) is 0 Å². The Bertz CT molecular complexity index is 1480. The van der Waals surface area contributed by atoms with Crippen molar-refractivity contribution in [1.29, 1.82) is 0 Å². The van der Waals surface area contributed by atoms with Gasteiger partial charge in [-0.15, -0.1) is 0 Å². The average Bonchev–Trinajstić information content (AvgIpc) is 2.84. The summed E-state index contributed by atoms with van der Waals surface area (Å²) in [7, 11) is 0. The van der Waals surface area contributed by atoms with E-state index in [0.717, 1.165) is 45.3 Å². The van der Waals surface area contributed by atoms with Gasteiger partial charge in [-0.25, -0.2) is 0 Å². The molecule has 0 heterocycles. The summed E-state index contributed by atoms with van der Waals surface area (Å²) < 4.78 is 12.9. The molecule has 204 valence electrons. The Morgan fingerprint density at radius 3 is 1.00 bits per heavy atom. The van der Waals surface area contributed by atoms with Gasteiger partial charge in [-0.05, 0) is 160 Å². The molecule has 0 spiro atoms. The molecule has 0 fully saturated rings. The molecule has 0 aliphatic heterocycles. The second kappa shape index (κ2) is 10.6. The molecule has 39 heavy (non-hydrogen) atoms. The van der Waals surface area contributed by atoms with Gasteiger partial charge in [0.25, 0.3) is 0 Å². The molecule has 0 saturated heterocycles. The van der Waals surface area contributed by atoms with Crippen molar-refractivity contribution in [2.24, 2.45) is 0 Å². The first-order chi connectivity index (χ1) is 18.2. The van der Waals surface area contributed by atoms with Gasteiger partial charge in [0.2, 0.25) is 0 Å². The highest BCUT2D eigenvalue weighted by molar-refractivity contribution is 5.54. The van der Waals surface area contributed by atoms with Crippen LogP contribution < -0.4 is 9.47 Å². The molecular formula is C37H44O2. The summed E-state index contributed by atoms with van der Waals surface area (Å²) in [5.74, 6) is 3.51. The van der Waals surface area contributed by atoms with Gasteiger partial charge in [0.05, 0.1) is 0 Å². The minimum atomic E-state index is -0.115. The summed E-state index contributed by atoms with van der Waals surface area (Å²) in [6.07, 6.45) is 0. The minimum absolute atomic E-state index is 0.115. The first kappa shape index (κ1) is 28.5. The van der Waals surface area contributed by atoms with Crippen LogP contribution in [-0.4, -0.2) is 0 Å². The summed E-state index contributed by atoms with van der Waals surface area (Å²) >= 11 is 0. The number of hydrogen-bond donors (Lipinski definition) is 0. The van der Waals surface area contributed by atoms with Crippen molar-refractivity contribution in [3.05, 3.63) is 115 Å². The Kier molecular flexibility index (Phi) is 7.72. The Morgan fingerprint density at radius 2 is 0.641 bits per heavy atom. The molecule has 4 aromatic rings. The molecule has 2 nitrogen and oxygen atoms in total. The number of ether oxygens (including phenoxy) is 2. The molecule has 0 aliphatic rings. The standard InChI is InChI=1S/C37H44O2/c1-21-13-31(14-22(2)29(21)9)37(11,12)32-15-25(5)35(26(6)16-32)39-34-19-27(7)36(28(8)20-34)38-33-17-23(3)30(10)24(4)18-33/h13-20H,1-12H3. The largest absolute Gasteiger partial charge is 0.457 e. The summed E-state index contributed by atoms with van der Waals surface area (Å²) in [6.45, 7) is 26.1. The average molecular weight is 521 g/mol. The van der Waals surface area contributed by atoms with Crippen molar-refractivity contribution >= 4 is 0 Å². The van der Waals surface area contributed by atoms with Crippen molar-refractivity contribution in [3.63, 3.8) is 0 Å². The molecule has 0 aromatic heterocycles. The van der Waals surface area contributed by atoms with E-state index in [9.17, 15) is 0 Å². The number of rotatable bonds is 6. The highest BCUT2D eigenvalue weighted by Crippen LogP contribution is 2.40. The summed E-state index contributed by atoms with van der Waals surface area (Å²) in [6, 6.07) is 17.6. The fourth-order valence-corrected chi connectivity index (χ4v) is 5.46. The molecule has 0 atom stereocenters. The van der Waals surface area contributed by atoms with E-state index >= 15 is 0 Å². The second-order valence-electron chi connectivity index (χ2n) is 12.1. The smallest absolute Gasteiger partial charge is 0.133 e. The van der Waals surface area contributed by atoms with E-state index in [2.05, 4.69) is 132 Å². The summed E-state index contributed by atoms with van der Waals surface area (Å²) in [5, 5.41) is 0. The summed E-state index contributed by atoms with van der Waals surface area (Å²) in [4.78, 5) is 0. The van der Waals surface area contributed by atoms with E-state index in [-0.39, 0.29) is 5.41 Å². The minimum Gasteiger partial charge on any atom is -0.457 e. The Hall–Kier alpha value is -3.52. The fraction of sp³-hybridized carbons (Fsp3) is 0.351. The van der Waals surface area contributed by atoms with Crippen molar-refractivity contribution in [2.45, 2.75) is 88.5 Å². The van der Waals surface area contributed by atoms with Crippen LogP contribution in [0.4, 0.5) is 0 Å². The van der Waals surface area contributed by atoms with Gasteiger partial charge < -0.3 is 9.47 Å². The van der Waals surface area contributed by atoms with Crippen molar-refractivity contribution in [2.75, 3.05) is 0 Å². The third kappa shape index (κ3) is 5.62. The van der Waals surface area contributed by atoms with Crippen LogP contribution in [0.2, 0.25) is 0 Å². The molecule has 4 aromatic carbocycles. The van der Waals surface area contributed by atoms with Gasteiger partial charge in [0.1, 0.15) is 23.0 Å². The van der Waals surface area contributed by atoms with Crippen molar-refractivity contribution in [3.8, 4) is 23.0 Å². The van der Waals surface area contributed by atoms with Gasteiger partial charge in [0.15, 0.2) is 0 Å². The molecule has 0 amide bonds. The molecule has 4 rings (SSSR count). The molecule has 0 radical (unpaired) electrons. The quantitative estimate of drug-likeness (QED) is 0.252. The first-order valence-electron chi connectivity index (χ1n) is 13.9. The van der Waals surface area contributed by atoms with E-state index in [1.807, 2.05) is 0 Å². The molecule has 0 unspecified atom stereocenters. The lowest BCUT2D eigenvalue weighted by atomic mass is 9.75. The van der Waals surface area contributed by atoms with Gasteiger partial charge in [0, 0.05) is 5.41 Å². The topological polar surface area (TPSA) is 18.5 Å². The van der Waals surface area contributed by atoms with Gasteiger partial charge >= 0.3 is 0 Å². The maximum atomic E-state index is 6.53. The monoisotopic (exact) mass is 520 g/mol. The van der Waals surface area contributed by atoms with Crippen LogP contribution in [-0.2, 0) is 5.41 Å². The zero-order valence-corrected chi connectivity index (χ0v) is 25.9. The number of benzene rings is 4. The predicted molar refractivity (Wildman–Crippen MR) is 165 cm³/mol. The van der Waals surface area contributed by atoms with E-state index in [1.165, 1.54) is 44.5 Å². The normalized spacial score (nSPS) is 11.6. The summed E-state index contributed by atoms with van der Waals surface area (Å²) in [5.41, 5.74) is 14.8. The second-order valence-corrected chi connectivity index (χ2v) is 12.1. The van der Waals surface area contributed by atoms with Gasteiger partial charge in [-0.3, -0.25) is 0 Å². The lowest BCUT2D eigenvalue weighted by Crippen LogP contribution is -2.20. The van der Waals surface area contributed by atoms with E-state index in [0.29, 0.717) is 0 Å². The highest BCUT2D eigenvalue weighted by atomic mass is 16.5. The van der Waals surface area contributed by atoms with Crippen molar-refractivity contribution in [1.82, 2.24) is 0 Å². The maximum absolute atomic E-state index is 6.53. The zero-order chi connectivity index (χ0) is 28.8. The fourth-order valence-electron chi connectivity index (χ4n) is 5.46. The maximum Gasteiger partial charge on any atom is 0.133 e. The molecule has 0 aliphatic carbocycles. The zero-order valence-electron chi connectivity index (χ0n) is 25.9. The number of hydrogen-bond acceptors (Lipinski definition) is 2. The molecule has 2 heteroatoms. The van der Waals surface area contributed by atoms with Crippen LogP contribution in [0, 0.1) is 69.2 Å². The lowest BCUT2D eigenvalue weighted by Gasteiger charge is -2.29. The lowest BCUT2D eigenvalue weighted by molar-refractivity contribution is 0.458. The van der Waals surface area contributed by atoms with Gasteiger partial charge in [-0.1, -0.05) is 38.1 Å². The molecule has 0 bridgehead atoms. The van der Waals surface area contributed by atoms with Crippen LogP contribution >= 0.6 is 0 Å². The Labute approximate surface area is 236 Å². The third-order valence-corrected chi connectivity index (χ3v) is 8.60. The van der Waals surface area contributed by atoms with Crippen LogP contribution in [0.15, 0.2) is 48.5 Å². The third-order valence-electron chi connectivity index (χ3n) is 8.60. The Morgan fingerprint density at radius 1 is 0.385 bits per heavy atom. The van der Waals surface area contributed by atoms with E-state index in [4.69, 9.17) is 9.47 Å². The van der Waals surface area contributed by atoms with Crippen LogP contribution in [0.1, 0.15) is 80.6 Å². The molecule has 0 saturated carbocycles. The molecular weight excluding hydrogens is 476 g/mol. The van der Waals surface area contributed by atoms with Crippen LogP contribution in [0.5, 0.6) is 23.0 Å². The predicted octanol–water partition coefficient (Wildman–Crippen LogP) is 10.7. The Balaban J connectivity index is 1.63. The number of aryl methyl sites for hydroxylation is 8. The molecule has 0 N–H and O–H groups in total. The first-order valence-corrected chi connectivity index (χ1v) is 13.9. The van der Waals surface area contributed by atoms with Crippen LogP contribution in [0.25, 0.3) is 0 Å².